The van der Waals surface area contributed by atoms with Gasteiger partial charge in [-0.2, -0.15) is 0 Å². The van der Waals surface area contributed by atoms with Crippen molar-refractivity contribution in [2.45, 2.75) is 57.4 Å². The number of rotatable bonds is 5. The first-order chi connectivity index (χ1) is 8.38. The van der Waals surface area contributed by atoms with Gasteiger partial charge in [-0.1, -0.05) is 18.1 Å². The van der Waals surface area contributed by atoms with Gasteiger partial charge in [0.05, 0.1) is 17.4 Å². The Morgan fingerprint density at radius 3 is 2.59 bits per heavy atom. The summed E-state index contributed by atoms with van der Waals surface area (Å²) < 4.78 is 2.23. The van der Waals surface area contributed by atoms with Gasteiger partial charge in [-0.05, 0) is 44.6 Å². The minimum absolute atomic E-state index is 0.614. The molecular formula is C13H22N4. The summed E-state index contributed by atoms with van der Waals surface area (Å²) in [7, 11) is 0. The van der Waals surface area contributed by atoms with Crippen molar-refractivity contribution < 1.29 is 0 Å². The van der Waals surface area contributed by atoms with E-state index in [2.05, 4.69) is 15.0 Å². The van der Waals surface area contributed by atoms with Crippen molar-refractivity contribution in [3.63, 3.8) is 0 Å². The zero-order valence-electron chi connectivity index (χ0n) is 10.4. The summed E-state index contributed by atoms with van der Waals surface area (Å²) in [4.78, 5) is 0. The van der Waals surface area contributed by atoms with Crippen LogP contribution >= 0.6 is 0 Å². The van der Waals surface area contributed by atoms with Crippen LogP contribution in [0.25, 0.3) is 0 Å². The van der Waals surface area contributed by atoms with Gasteiger partial charge in [0, 0.05) is 6.42 Å². The Morgan fingerprint density at radius 2 is 1.94 bits per heavy atom. The summed E-state index contributed by atoms with van der Waals surface area (Å²) in [5.74, 6) is 0.894. The van der Waals surface area contributed by atoms with E-state index in [1.54, 1.807) is 0 Å². The fraction of sp³-hybridized carbons (Fsp3) is 0.846. The third-order valence-electron chi connectivity index (χ3n) is 4.10. The maximum atomic E-state index is 5.66. The van der Waals surface area contributed by atoms with E-state index in [9.17, 15) is 0 Å². The molecule has 0 saturated heterocycles. The van der Waals surface area contributed by atoms with Crippen molar-refractivity contribution in [1.29, 1.82) is 0 Å². The molecule has 94 valence electrons. The van der Waals surface area contributed by atoms with Crippen LogP contribution in [0.1, 0.15) is 56.0 Å². The largest absolute Gasteiger partial charge is 0.330 e. The Morgan fingerprint density at radius 1 is 1.18 bits per heavy atom. The molecule has 3 rings (SSSR count). The van der Waals surface area contributed by atoms with Gasteiger partial charge in [0.1, 0.15) is 0 Å². The molecule has 2 fully saturated rings. The van der Waals surface area contributed by atoms with Crippen molar-refractivity contribution in [2.24, 2.45) is 11.7 Å². The molecule has 0 amide bonds. The van der Waals surface area contributed by atoms with E-state index in [1.165, 1.54) is 50.6 Å². The molecule has 0 bridgehead atoms. The molecule has 1 heterocycles. The Bertz CT molecular complexity index is 375. The molecule has 0 unspecified atom stereocenters. The number of nitrogens with zero attached hydrogens (tertiary/aromatic N) is 3. The summed E-state index contributed by atoms with van der Waals surface area (Å²) >= 11 is 0. The van der Waals surface area contributed by atoms with Gasteiger partial charge in [-0.15, -0.1) is 5.10 Å². The van der Waals surface area contributed by atoms with Crippen LogP contribution in [-0.4, -0.2) is 21.5 Å². The number of aromatic nitrogens is 3. The highest BCUT2D eigenvalue weighted by atomic mass is 15.4. The fourth-order valence-corrected chi connectivity index (χ4v) is 2.93. The van der Waals surface area contributed by atoms with Gasteiger partial charge < -0.3 is 5.73 Å². The predicted octanol–water partition coefficient (Wildman–Crippen LogP) is 1.85. The number of hydrogen-bond donors (Lipinski definition) is 1. The molecule has 0 spiro atoms. The molecule has 1 aromatic heterocycles. The van der Waals surface area contributed by atoms with E-state index in [1.807, 2.05) is 0 Å². The summed E-state index contributed by atoms with van der Waals surface area (Å²) in [5, 5.41) is 8.77. The lowest BCUT2D eigenvalue weighted by molar-refractivity contribution is 0.435. The lowest BCUT2D eigenvalue weighted by atomic mass is 10.1. The van der Waals surface area contributed by atoms with Gasteiger partial charge in [0.25, 0.3) is 0 Å². The van der Waals surface area contributed by atoms with E-state index in [4.69, 9.17) is 5.73 Å². The summed E-state index contributed by atoms with van der Waals surface area (Å²) in [6.45, 7) is 0.682. The summed E-state index contributed by atoms with van der Waals surface area (Å²) in [6.07, 6.45) is 10.1. The van der Waals surface area contributed by atoms with Gasteiger partial charge >= 0.3 is 0 Å². The minimum Gasteiger partial charge on any atom is -0.330 e. The quantitative estimate of drug-likeness (QED) is 0.846. The first kappa shape index (κ1) is 11.2. The normalized spacial score (nSPS) is 21.2. The van der Waals surface area contributed by atoms with Crippen molar-refractivity contribution >= 4 is 0 Å². The zero-order chi connectivity index (χ0) is 11.7. The Hall–Kier alpha value is -0.900. The molecule has 0 aromatic carbocycles. The van der Waals surface area contributed by atoms with Crippen LogP contribution in [0.15, 0.2) is 0 Å². The van der Waals surface area contributed by atoms with Crippen LogP contribution in [0.3, 0.4) is 0 Å². The summed E-state index contributed by atoms with van der Waals surface area (Å²) in [5.41, 5.74) is 8.21. The van der Waals surface area contributed by atoms with E-state index < -0.39 is 0 Å². The number of nitrogens with two attached hydrogens (primary N) is 1. The average molecular weight is 234 g/mol. The molecule has 2 saturated carbocycles. The lowest BCUT2D eigenvalue weighted by Crippen LogP contribution is -2.13. The Balaban J connectivity index is 1.84. The van der Waals surface area contributed by atoms with Crippen LogP contribution in [0, 0.1) is 5.92 Å². The van der Waals surface area contributed by atoms with Crippen LogP contribution in [0.2, 0.25) is 0 Å². The Labute approximate surface area is 103 Å². The van der Waals surface area contributed by atoms with Crippen LogP contribution in [-0.2, 0) is 12.8 Å². The highest BCUT2D eigenvalue weighted by Crippen LogP contribution is 2.36. The monoisotopic (exact) mass is 234 g/mol. The third kappa shape index (κ3) is 2.37. The second-order valence-electron chi connectivity index (χ2n) is 5.55. The van der Waals surface area contributed by atoms with Crippen molar-refractivity contribution in [2.75, 3.05) is 6.54 Å². The zero-order valence-corrected chi connectivity index (χ0v) is 10.4. The molecule has 0 aliphatic heterocycles. The molecule has 2 N–H and O–H groups in total. The van der Waals surface area contributed by atoms with E-state index >= 15 is 0 Å². The van der Waals surface area contributed by atoms with Gasteiger partial charge in [-0.3, -0.25) is 0 Å². The molecule has 2 aliphatic carbocycles. The smallest absolute Gasteiger partial charge is 0.0871 e. The van der Waals surface area contributed by atoms with Crippen LogP contribution in [0.4, 0.5) is 0 Å². The van der Waals surface area contributed by atoms with Gasteiger partial charge in [-0.25, -0.2) is 4.68 Å². The highest BCUT2D eigenvalue weighted by Gasteiger charge is 2.28. The topological polar surface area (TPSA) is 56.7 Å². The van der Waals surface area contributed by atoms with Crippen molar-refractivity contribution in [1.82, 2.24) is 15.0 Å². The van der Waals surface area contributed by atoms with E-state index in [-0.39, 0.29) is 0 Å². The SMILES string of the molecule is NCCc1nnn(C2CCCC2)c1CC1CC1. The molecule has 1 aromatic rings. The minimum atomic E-state index is 0.614. The van der Waals surface area contributed by atoms with Gasteiger partial charge in [0.2, 0.25) is 0 Å². The van der Waals surface area contributed by atoms with Crippen LogP contribution in [0.5, 0.6) is 0 Å². The molecule has 4 nitrogen and oxygen atoms in total. The molecular weight excluding hydrogens is 212 g/mol. The maximum absolute atomic E-state index is 5.66. The number of hydrogen-bond acceptors (Lipinski definition) is 3. The first-order valence-corrected chi connectivity index (χ1v) is 7.01. The first-order valence-electron chi connectivity index (χ1n) is 7.01. The maximum Gasteiger partial charge on any atom is 0.0871 e. The molecule has 2 aliphatic rings. The van der Waals surface area contributed by atoms with Crippen molar-refractivity contribution in [3.05, 3.63) is 11.4 Å². The molecule has 4 heteroatoms. The summed E-state index contributed by atoms with van der Waals surface area (Å²) in [6, 6.07) is 0.614. The molecule has 0 radical (unpaired) electrons. The van der Waals surface area contributed by atoms with E-state index in [0.29, 0.717) is 12.6 Å². The molecule has 17 heavy (non-hydrogen) atoms. The van der Waals surface area contributed by atoms with E-state index in [0.717, 1.165) is 18.0 Å². The molecule has 0 atom stereocenters. The second-order valence-corrected chi connectivity index (χ2v) is 5.55. The second kappa shape index (κ2) is 4.77. The van der Waals surface area contributed by atoms with Crippen LogP contribution < -0.4 is 5.73 Å². The van der Waals surface area contributed by atoms with Crippen molar-refractivity contribution in [3.8, 4) is 0 Å². The average Bonchev–Trinajstić information content (AvgIpc) is 2.84. The standard InChI is InChI=1S/C13H22N4/c14-8-7-12-13(9-10-5-6-10)17(16-15-12)11-3-1-2-4-11/h10-11H,1-9,14H2. The fourth-order valence-electron chi connectivity index (χ4n) is 2.93. The predicted molar refractivity (Wildman–Crippen MR) is 66.7 cm³/mol. The lowest BCUT2D eigenvalue weighted by Gasteiger charge is -2.13. The highest BCUT2D eigenvalue weighted by molar-refractivity contribution is 5.14. The van der Waals surface area contributed by atoms with Gasteiger partial charge in [0.15, 0.2) is 0 Å². The third-order valence-corrected chi connectivity index (χ3v) is 4.10. The Kier molecular flexibility index (Phi) is 3.14.